The van der Waals surface area contributed by atoms with Gasteiger partial charge in [0.05, 0.1) is 6.04 Å². The van der Waals surface area contributed by atoms with Gasteiger partial charge in [0.15, 0.2) is 0 Å². The van der Waals surface area contributed by atoms with Crippen molar-refractivity contribution in [1.29, 1.82) is 5.26 Å². The van der Waals surface area contributed by atoms with Gasteiger partial charge in [0, 0.05) is 23.3 Å². The van der Waals surface area contributed by atoms with Gasteiger partial charge in [0.25, 0.3) is 5.91 Å². The van der Waals surface area contributed by atoms with Gasteiger partial charge in [-0.2, -0.15) is 5.26 Å². The molecule has 152 valence electrons. The Morgan fingerprint density at radius 1 is 1.29 bits per heavy atom. The molecule has 0 aromatic heterocycles. The van der Waals surface area contributed by atoms with E-state index in [9.17, 15) is 10.1 Å². The van der Waals surface area contributed by atoms with Crippen molar-refractivity contribution in [3.05, 3.63) is 47.2 Å². The van der Waals surface area contributed by atoms with Crippen molar-refractivity contribution in [3.63, 3.8) is 0 Å². The molecule has 1 amide bonds. The second kappa shape index (κ2) is 8.36. The number of rotatable bonds is 5. The zero-order chi connectivity index (χ0) is 21.1. The van der Waals surface area contributed by atoms with Gasteiger partial charge < -0.3 is 16.0 Å². The van der Waals surface area contributed by atoms with Gasteiger partial charge in [-0.3, -0.25) is 4.79 Å². The standard InChI is InChI=1S/C23H34N4O/c1-7-17-8-10-18(11-9-17)16(2)26-21(28)19(14-24)15-27-22(3,4)12-20(25)13-23(27,5)6/h8-11,15-16,20H,7,12-13,25H2,1-6H3,(H,26,28)/b19-15-. The van der Waals surface area contributed by atoms with E-state index in [1.165, 1.54) is 5.56 Å². The quantitative estimate of drug-likeness (QED) is 0.599. The second-order valence-corrected chi connectivity index (χ2v) is 9.11. The lowest BCUT2D eigenvalue weighted by Gasteiger charge is -2.54. The molecule has 1 atom stereocenters. The fourth-order valence-electron chi connectivity index (χ4n) is 4.39. The molecule has 0 bridgehead atoms. The van der Waals surface area contributed by atoms with Gasteiger partial charge >= 0.3 is 0 Å². The average molecular weight is 383 g/mol. The number of aryl methyl sites for hydroxylation is 1. The summed E-state index contributed by atoms with van der Waals surface area (Å²) in [6.07, 6.45) is 4.32. The van der Waals surface area contributed by atoms with E-state index in [1.54, 1.807) is 6.20 Å². The molecule has 1 aliphatic heterocycles. The van der Waals surface area contributed by atoms with Gasteiger partial charge in [-0.15, -0.1) is 0 Å². The van der Waals surface area contributed by atoms with Crippen molar-refractivity contribution >= 4 is 5.91 Å². The van der Waals surface area contributed by atoms with Crippen molar-refractivity contribution in [3.8, 4) is 6.07 Å². The Morgan fingerprint density at radius 2 is 1.82 bits per heavy atom. The number of nitrogens with two attached hydrogens (primary N) is 1. The van der Waals surface area contributed by atoms with E-state index in [-0.39, 0.29) is 34.6 Å². The van der Waals surface area contributed by atoms with E-state index >= 15 is 0 Å². The highest BCUT2D eigenvalue weighted by Gasteiger charge is 2.43. The minimum absolute atomic E-state index is 0.111. The molecule has 1 aliphatic rings. The third-order valence-corrected chi connectivity index (χ3v) is 5.69. The van der Waals surface area contributed by atoms with E-state index in [1.807, 2.05) is 19.1 Å². The Morgan fingerprint density at radius 3 is 2.29 bits per heavy atom. The number of likely N-dealkylation sites (tertiary alicyclic amines) is 1. The SMILES string of the molecule is CCc1ccc(C(C)NC(=O)/C(C#N)=C\N2C(C)(C)CC(N)CC2(C)C)cc1. The maximum atomic E-state index is 12.8. The molecule has 5 heteroatoms. The number of carbonyl (C=O) groups excluding carboxylic acids is 1. The molecule has 2 rings (SSSR count). The lowest BCUT2D eigenvalue weighted by Crippen LogP contribution is -2.61. The van der Waals surface area contributed by atoms with Crippen LogP contribution in [0.3, 0.4) is 0 Å². The largest absolute Gasteiger partial charge is 0.366 e. The molecule has 1 aromatic carbocycles. The molecule has 5 nitrogen and oxygen atoms in total. The molecule has 28 heavy (non-hydrogen) atoms. The number of piperidine rings is 1. The van der Waals surface area contributed by atoms with E-state index in [2.05, 4.69) is 63.0 Å². The second-order valence-electron chi connectivity index (χ2n) is 9.11. The summed E-state index contributed by atoms with van der Waals surface area (Å²) in [5, 5.41) is 12.6. The van der Waals surface area contributed by atoms with E-state index in [0.29, 0.717) is 0 Å². The smallest absolute Gasteiger partial charge is 0.263 e. The predicted molar refractivity (Wildman–Crippen MR) is 113 cm³/mol. The van der Waals surface area contributed by atoms with Gasteiger partial charge in [0.1, 0.15) is 11.6 Å². The molecule has 3 N–H and O–H groups in total. The van der Waals surface area contributed by atoms with E-state index in [4.69, 9.17) is 5.73 Å². The van der Waals surface area contributed by atoms with Crippen molar-refractivity contribution < 1.29 is 4.79 Å². The van der Waals surface area contributed by atoms with Crippen LogP contribution in [0.15, 0.2) is 36.0 Å². The maximum Gasteiger partial charge on any atom is 0.263 e. The average Bonchev–Trinajstić information content (AvgIpc) is 2.59. The van der Waals surface area contributed by atoms with Crippen molar-refractivity contribution in [2.45, 2.75) is 84.0 Å². The van der Waals surface area contributed by atoms with Gasteiger partial charge in [-0.1, -0.05) is 31.2 Å². The van der Waals surface area contributed by atoms with Crippen LogP contribution in [0.1, 0.15) is 71.6 Å². The molecular weight excluding hydrogens is 348 g/mol. The number of hydrogen-bond donors (Lipinski definition) is 2. The molecule has 1 fully saturated rings. The number of amides is 1. The Kier molecular flexibility index (Phi) is 6.56. The third kappa shape index (κ3) is 4.94. The number of nitriles is 1. The molecule has 0 radical (unpaired) electrons. The maximum absolute atomic E-state index is 12.8. The summed E-state index contributed by atoms with van der Waals surface area (Å²) in [6, 6.07) is 10.2. The van der Waals surface area contributed by atoms with Gasteiger partial charge in [0.2, 0.25) is 0 Å². The summed E-state index contributed by atoms with van der Waals surface area (Å²) in [7, 11) is 0. The number of nitrogens with zero attached hydrogens (tertiary/aromatic N) is 2. The summed E-state index contributed by atoms with van der Waals surface area (Å²) < 4.78 is 0. The monoisotopic (exact) mass is 382 g/mol. The van der Waals surface area contributed by atoms with Gasteiger partial charge in [-0.25, -0.2) is 0 Å². The van der Waals surface area contributed by atoms with Crippen molar-refractivity contribution in [2.24, 2.45) is 5.73 Å². The van der Waals surface area contributed by atoms with Crippen LogP contribution in [-0.2, 0) is 11.2 Å². The molecule has 1 heterocycles. The first-order valence-corrected chi connectivity index (χ1v) is 10.1. The summed E-state index contributed by atoms with van der Waals surface area (Å²) in [6.45, 7) is 12.5. The number of nitrogens with one attached hydrogen (secondary N) is 1. The predicted octanol–water partition coefficient (Wildman–Crippen LogP) is 3.81. The highest BCUT2D eigenvalue weighted by atomic mass is 16.1. The fourth-order valence-corrected chi connectivity index (χ4v) is 4.39. The molecule has 0 saturated carbocycles. The van der Waals surface area contributed by atoms with Crippen LogP contribution in [0.25, 0.3) is 0 Å². The zero-order valence-corrected chi connectivity index (χ0v) is 18.0. The van der Waals surface area contributed by atoms with Crippen LogP contribution >= 0.6 is 0 Å². The molecule has 1 aromatic rings. The van der Waals surface area contributed by atoms with Crippen LogP contribution in [-0.4, -0.2) is 27.9 Å². The molecule has 0 aliphatic carbocycles. The first-order valence-electron chi connectivity index (χ1n) is 10.1. The molecular formula is C23H34N4O. The van der Waals surface area contributed by atoms with Crippen LogP contribution < -0.4 is 11.1 Å². The third-order valence-electron chi connectivity index (χ3n) is 5.69. The Labute approximate surface area is 169 Å². The summed E-state index contributed by atoms with van der Waals surface area (Å²) in [4.78, 5) is 14.9. The normalized spacial score (nSPS) is 20.4. The van der Waals surface area contributed by atoms with Crippen molar-refractivity contribution in [2.75, 3.05) is 0 Å². The Bertz CT molecular complexity index is 753. The van der Waals surface area contributed by atoms with Crippen LogP contribution in [0, 0.1) is 11.3 Å². The first-order chi connectivity index (χ1) is 13.0. The minimum atomic E-state index is -0.351. The van der Waals surface area contributed by atoms with Crippen LogP contribution in [0.2, 0.25) is 0 Å². The highest BCUT2D eigenvalue weighted by molar-refractivity contribution is 5.97. The van der Waals surface area contributed by atoms with Crippen LogP contribution in [0.4, 0.5) is 0 Å². The summed E-state index contributed by atoms with van der Waals surface area (Å²) in [5.41, 5.74) is 8.17. The Hall–Kier alpha value is -2.32. The molecule has 1 unspecified atom stereocenters. The number of hydrogen-bond acceptors (Lipinski definition) is 4. The topological polar surface area (TPSA) is 82.2 Å². The highest BCUT2D eigenvalue weighted by Crippen LogP contribution is 2.38. The lowest BCUT2D eigenvalue weighted by molar-refractivity contribution is -0.117. The zero-order valence-electron chi connectivity index (χ0n) is 18.0. The molecule has 0 spiro atoms. The lowest BCUT2D eigenvalue weighted by atomic mass is 9.77. The first kappa shape index (κ1) is 22.0. The number of carbonyl (C=O) groups is 1. The summed E-state index contributed by atoms with van der Waals surface area (Å²) in [5.74, 6) is -0.351. The van der Waals surface area contributed by atoms with E-state index in [0.717, 1.165) is 24.8 Å². The fraction of sp³-hybridized carbons (Fsp3) is 0.565. The molecule has 1 saturated heterocycles. The van der Waals surface area contributed by atoms with Gasteiger partial charge in [-0.05, 0) is 65.0 Å². The minimum Gasteiger partial charge on any atom is -0.366 e. The summed E-state index contributed by atoms with van der Waals surface area (Å²) >= 11 is 0. The van der Waals surface area contributed by atoms with Crippen LogP contribution in [0.5, 0.6) is 0 Å². The number of benzene rings is 1. The van der Waals surface area contributed by atoms with Crippen molar-refractivity contribution in [1.82, 2.24) is 10.2 Å². The van der Waals surface area contributed by atoms with E-state index < -0.39 is 0 Å². The Balaban J connectivity index is 2.20.